The highest BCUT2D eigenvalue weighted by Crippen LogP contribution is 2.24. The van der Waals surface area contributed by atoms with Crippen LogP contribution in [0.25, 0.3) is 0 Å². The van der Waals surface area contributed by atoms with E-state index in [1.807, 2.05) is 6.92 Å². The predicted octanol–water partition coefficient (Wildman–Crippen LogP) is 1.12. The second-order valence-electron chi connectivity index (χ2n) is 5.89. The van der Waals surface area contributed by atoms with Gasteiger partial charge in [-0.3, -0.25) is 4.90 Å². The minimum absolute atomic E-state index is 0.135. The maximum Gasteiger partial charge on any atom is 0.326 e. The molecule has 2 N–H and O–H groups in total. The summed E-state index contributed by atoms with van der Waals surface area (Å²) in [6.07, 6.45) is 4.00. The summed E-state index contributed by atoms with van der Waals surface area (Å²) in [5, 5.41) is 11.7. The van der Waals surface area contributed by atoms with Gasteiger partial charge in [-0.05, 0) is 32.7 Å². The van der Waals surface area contributed by atoms with Crippen LogP contribution in [-0.2, 0) is 4.79 Å². The highest BCUT2D eigenvalue weighted by atomic mass is 16.4. The molecule has 2 fully saturated rings. The minimum Gasteiger partial charge on any atom is -0.480 e. The number of piperidine rings is 1. The van der Waals surface area contributed by atoms with Crippen molar-refractivity contribution in [3.63, 3.8) is 0 Å². The Morgan fingerprint density at radius 2 is 2.10 bits per heavy atom. The third kappa shape index (κ3) is 3.23. The largest absolute Gasteiger partial charge is 0.480 e. The Balaban J connectivity index is 1.96. The van der Waals surface area contributed by atoms with Gasteiger partial charge in [0, 0.05) is 25.2 Å². The second kappa shape index (κ2) is 6.43. The smallest absolute Gasteiger partial charge is 0.326 e. The molecule has 0 aliphatic carbocycles. The topological polar surface area (TPSA) is 72.9 Å². The van der Waals surface area contributed by atoms with E-state index < -0.39 is 12.0 Å². The number of nitrogens with one attached hydrogen (secondary N) is 1. The van der Waals surface area contributed by atoms with E-state index in [2.05, 4.69) is 10.2 Å². The lowest BCUT2D eigenvalue weighted by molar-refractivity contribution is -0.139. The van der Waals surface area contributed by atoms with Gasteiger partial charge in [0.15, 0.2) is 0 Å². The minimum atomic E-state index is -0.968. The zero-order chi connectivity index (χ0) is 14.7. The SMILES string of the molecule is CC[C@H](NC(=O)N1CC2CCCCN2CC1C)C(=O)O. The monoisotopic (exact) mass is 283 g/mol. The third-order valence-electron chi connectivity index (χ3n) is 4.45. The molecular formula is C14H25N3O3. The fraction of sp³-hybridized carbons (Fsp3) is 0.857. The lowest BCUT2D eigenvalue weighted by atomic mass is 9.97. The summed E-state index contributed by atoms with van der Waals surface area (Å²) < 4.78 is 0. The highest BCUT2D eigenvalue weighted by Gasteiger charge is 2.36. The second-order valence-corrected chi connectivity index (χ2v) is 5.89. The Hall–Kier alpha value is -1.30. The van der Waals surface area contributed by atoms with Gasteiger partial charge in [-0.25, -0.2) is 9.59 Å². The number of aliphatic carboxylic acids is 1. The van der Waals surface area contributed by atoms with E-state index in [0.717, 1.165) is 19.5 Å². The summed E-state index contributed by atoms with van der Waals surface area (Å²) >= 11 is 0. The average molecular weight is 283 g/mol. The molecule has 2 unspecified atom stereocenters. The summed E-state index contributed by atoms with van der Waals surface area (Å²) in [5.74, 6) is -0.968. The van der Waals surface area contributed by atoms with Gasteiger partial charge in [0.2, 0.25) is 0 Å². The molecule has 2 saturated heterocycles. The molecule has 6 nitrogen and oxygen atoms in total. The van der Waals surface area contributed by atoms with Gasteiger partial charge in [0.05, 0.1) is 0 Å². The first kappa shape index (κ1) is 15.1. The Morgan fingerprint density at radius 1 is 1.35 bits per heavy atom. The number of rotatable bonds is 3. The number of carboxylic acids is 1. The molecule has 114 valence electrons. The van der Waals surface area contributed by atoms with Crippen molar-refractivity contribution in [3.8, 4) is 0 Å². The fourth-order valence-corrected chi connectivity index (χ4v) is 3.21. The molecule has 20 heavy (non-hydrogen) atoms. The Kier molecular flexibility index (Phi) is 4.86. The molecule has 6 heteroatoms. The zero-order valence-corrected chi connectivity index (χ0v) is 12.3. The van der Waals surface area contributed by atoms with Crippen LogP contribution in [0.1, 0.15) is 39.5 Å². The lowest BCUT2D eigenvalue weighted by Gasteiger charge is -2.47. The first-order valence-electron chi connectivity index (χ1n) is 7.57. The molecule has 0 bridgehead atoms. The third-order valence-corrected chi connectivity index (χ3v) is 4.45. The van der Waals surface area contributed by atoms with Gasteiger partial charge in [0.25, 0.3) is 0 Å². The molecule has 0 radical (unpaired) electrons. The summed E-state index contributed by atoms with van der Waals surface area (Å²) in [5.41, 5.74) is 0. The Bertz CT molecular complexity index is 375. The maximum atomic E-state index is 12.3. The summed E-state index contributed by atoms with van der Waals surface area (Å²) in [4.78, 5) is 27.6. The van der Waals surface area contributed by atoms with Crippen molar-refractivity contribution < 1.29 is 14.7 Å². The molecule has 2 aliphatic rings. The molecule has 2 rings (SSSR count). The van der Waals surface area contributed by atoms with Crippen molar-refractivity contribution in [3.05, 3.63) is 0 Å². The average Bonchev–Trinajstić information content (AvgIpc) is 2.43. The summed E-state index contributed by atoms with van der Waals surface area (Å²) in [6.45, 7) is 6.52. The Labute approximate surface area is 120 Å². The molecule has 0 saturated carbocycles. The van der Waals surface area contributed by atoms with Gasteiger partial charge in [-0.1, -0.05) is 13.3 Å². The van der Waals surface area contributed by atoms with Crippen LogP contribution in [0.4, 0.5) is 4.79 Å². The molecule has 3 atom stereocenters. The number of carbonyl (C=O) groups excluding carboxylic acids is 1. The van der Waals surface area contributed by atoms with Gasteiger partial charge in [-0.15, -0.1) is 0 Å². The number of carbonyl (C=O) groups is 2. The Morgan fingerprint density at radius 3 is 2.75 bits per heavy atom. The van der Waals surface area contributed by atoms with Crippen molar-refractivity contribution >= 4 is 12.0 Å². The lowest BCUT2D eigenvalue weighted by Crippen LogP contribution is -2.62. The van der Waals surface area contributed by atoms with Crippen LogP contribution < -0.4 is 5.32 Å². The number of amides is 2. The molecular weight excluding hydrogens is 258 g/mol. The van der Waals surface area contributed by atoms with Crippen LogP contribution in [0.3, 0.4) is 0 Å². The van der Waals surface area contributed by atoms with Crippen LogP contribution in [0.5, 0.6) is 0 Å². The van der Waals surface area contributed by atoms with E-state index in [0.29, 0.717) is 19.0 Å². The van der Waals surface area contributed by atoms with E-state index >= 15 is 0 Å². The number of hydrogen-bond donors (Lipinski definition) is 2. The normalized spacial score (nSPS) is 28.6. The number of nitrogens with zero attached hydrogens (tertiary/aromatic N) is 2. The van der Waals surface area contributed by atoms with Gasteiger partial charge < -0.3 is 15.3 Å². The maximum absolute atomic E-state index is 12.3. The number of carboxylic acid groups (broad SMARTS) is 1. The number of urea groups is 1. The van der Waals surface area contributed by atoms with Crippen LogP contribution >= 0.6 is 0 Å². The van der Waals surface area contributed by atoms with E-state index in [-0.39, 0.29) is 12.1 Å². The van der Waals surface area contributed by atoms with E-state index in [4.69, 9.17) is 5.11 Å². The molecule has 2 heterocycles. The molecule has 2 aliphatic heterocycles. The van der Waals surface area contributed by atoms with Crippen molar-refractivity contribution in [2.45, 2.75) is 57.7 Å². The molecule has 0 spiro atoms. The molecule has 2 amide bonds. The van der Waals surface area contributed by atoms with E-state index in [1.54, 1.807) is 11.8 Å². The van der Waals surface area contributed by atoms with Gasteiger partial charge >= 0.3 is 12.0 Å². The number of piperazine rings is 1. The van der Waals surface area contributed by atoms with Crippen molar-refractivity contribution in [1.29, 1.82) is 0 Å². The highest BCUT2D eigenvalue weighted by molar-refractivity contribution is 5.82. The van der Waals surface area contributed by atoms with Crippen molar-refractivity contribution in [2.24, 2.45) is 0 Å². The molecule has 0 aromatic carbocycles. The van der Waals surface area contributed by atoms with Crippen molar-refractivity contribution in [2.75, 3.05) is 19.6 Å². The number of fused-ring (bicyclic) bond motifs is 1. The van der Waals surface area contributed by atoms with Crippen LogP contribution in [0.2, 0.25) is 0 Å². The summed E-state index contributed by atoms with van der Waals surface area (Å²) in [6, 6.07) is -0.456. The first-order chi connectivity index (χ1) is 9.52. The quantitative estimate of drug-likeness (QED) is 0.814. The van der Waals surface area contributed by atoms with Crippen LogP contribution in [-0.4, -0.2) is 64.7 Å². The van der Waals surface area contributed by atoms with Crippen molar-refractivity contribution in [1.82, 2.24) is 15.1 Å². The van der Waals surface area contributed by atoms with Crippen LogP contribution in [0, 0.1) is 0 Å². The molecule has 0 aromatic heterocycles. The summed E-state index contributed by atoms with van der Waals surface area (Å²) in [7, 11) is 0. The molecule has 0 aromatic rings. The zero-order valence-electron chi connectivity index (χ0n) is 12.3. The fourth-order valence-electron chi connectivity index (χ4n) is 3.21. The standard InChI is InChI=1S/C14H25N3O3/c1-3-12(13(18)19)15-14(20)17-9-11-6-4-5-7-16(11)8-10(17)2/h10-12H,3-9H2,1-2H3,(H,15,20)(H,18,19)/t10?,11?,12-/m0/s1. The van der Waals surface area contributed by atoms with Crippen LogP contribution in [0.15, 0.2) is 0 Å². The van der Waals surface area contributed by atoms with Gasteiger partial charge in [-0.2, -0.15) is 0 Å². The van der Waals surface area contributed by atoms with E-state index in [9.17, 15) is 9.59 Å². The van der Waals surface area contributed by atoms with Gasteiger partial charge in [0.1, 0.15) is 6.04 Å². The van der Waals surface area contributed by atoms with E-state index in [1.165, 1.54) is 12.8 Å². The number of hydrogen-bond acceptors (Lipinski definition) is 3. The first-order valence-corrected chi connectivity index (χ1v) is 7.57. The predicted molar refractivity (Wildman–Crippen MR) is 75.6 cm³/mol.